The van der Waals surface area contributed by atoms with Crippen LogP contribution < -0.4 is 16.2 Å². The molecule has 162 valence electrons. The minimum atomic E-state index is -0.630. The first-order chi connectivity index (χ1) is 15.4. The van der Waals surface area contributed by atoms with Crippen LogP contribution in [-0.4, -0.2) is 25.7 Å². The maximum absolute atomic E-state index is 12.0. The molecule has 0 saturated carbocycles. The number of benzene rings is 2. The van der Waals surface area contributed by atoms with Crippen molar-refractivity contribution in [2.75, 3.05) is 5.73 Å². The van der Waals surface area contributed by atoms with Crippen LogP contribution in [0.3, 0.4) is 0 Å². The number of nitrogens with two attached hydrogens (primary N) is 2. The molecule has 0 radical (unpaired) electrons. The fraction of sp³-hybridized carbons (Fsp3) is 0.167. The lowest BCUT2D eigenvalue weighted by Gasteiger charge is -2.11. The van der Waals surface area contributed by atoms with Gasteiger partial charge in [-0.1, -0.05) is 30.3 Å². The van der Waals surface area contributed by atoms with Gasteiger partial charge in [0.15, 0.2) is 5.82 Å². The predicted octanol–water partition coefficient (Wildman–Crippen LogP) is 3.40. The third-order valence-corrected chi connectivity index (χ3v) is 5.08. The van der Waals surface area contributed by atoms with Crippen molar-refractivity contribution in [1.82, 2.24) is 19.7 Å². The summed E-state index contributed by atoms with van der Waals surface area (Å²) >= 11 is 0. The summed E-state index contributed by atoms with van der Waals surface area (Å²) in [6.45, 7) is 4.15. The van der Waals surface area contributed by atoms with E-state index in [4.69, 9.17) is 16.2 Å². The number of aromatic nitrogens is 4. The number of rotatable bonds is 7. The first-order valence-corrected chi connectivity index (χ1v) is 10.2. The van der Waals surface area contributed by atoms with E-state index >= 15 is 0 Å². The smallest absolute Gasteiger partial charge is 0.286 e. The number of nitrogen functional groups attached to an aromatic ring is 1. The molecule has 2 heterocycles. The number of anilines is 1. The Morgan fingerprint density at radius 1 is 1.00 bits per heavy atom. The number of ether oxygens (including phenoxy) is 1. The Hall–Kier alpha value is -4.20. The van der Waals surface area contributed by atoms with Crippen molar-refractivity contribution in [2.24, 2.45) is 5.73 Å². The number of hydrogen-bond donors (Lipinski definition) is 2. The summed E-state index contributed by atoms with van der Waals surface area (Å²) in [7, 11) is 0. The molecule has 0 fully saturated rings. The number of carbonyl (C=O) groups is 1. The van der Waals surface area contributed by atoms with Gasteiger partial charge in [0.25, 0.3) is 5.91 Å². The van der Waals surface area contributed by atoms with Crippen molar-refractivity contribution < 1.29 is 9.53 Å². The zero-order chi connectivity index (χ0) is 22.7. The number of amides is 1. The van der Waals surface area contributed by atoms with E-state index < -0.39 is 5.91 Å². The zero-order valence-corrected chi connectivity index (χ0v) is 17.9. The first kappa shape index (κ1) is 21.0. The molecule has 0 unspecified atom stereocenters. The molecule has 0 atom stereocenters. The minimum absolute atomic E-state index is 0.111. The fourth-order valence-corrected chi connectivity index (χ4v) is 3.52. The quantitative estimate of drug-likeness (QED) is 0.465. The topological polar surface area (TPSA) is 122 Å². The zero-order valence-electron chi connectivity index (χ0n) is 17.9. The summed E-state index contributed by atoms with van der Waals surface area (Å²) in [6, 6.07) is 19.0. The molecular formula is C24H24N6O2. The number of carbonyl (C=O) groups excluding carboxylic acids is 1. The molecule has 0 aliphatic rings. The van der Waals surface area contributed by atoms with E-state index in [1.807, 2.05) is 68.4 Å². The molecule has 32 heavy (non-hydrogen) atoms. The van der Waals surface area contributed by atoms with Gasteiger partial charge in [0.1, 0.15) is 17.3 Å². The van der Waals surface area contributed by atoms with Gasteiger partial charge in [-0.05, 0) is 60.9 Å². The Bertz CT molecular complexity index is 1230. The normalized spacial score (nSPS) is 10.8. The second kappa shape index (κ2) is 8.89. The van der Waals surface area contributed by atoms with Crippen molar-refractivity contribution in [1.29, 1.82) is 0 Å². The summed E-state index contributed by atoms with van der Waals surface area (Å²) < 4.78 is 7.35. The number of hydrogen-bond acceptors (Lipinski definition) is 6. The Balaban J connectivity index is 1.53. The molecule has 4 aromatic rings. The van der Waals surface area contributed by atoms with E-state index in [0.29, 0.717) is 24.6 Å². The molecule has 0 saturated heterocycles. The van der Waals surface area contributed by atoms with Crippen LogP contribution in [-0.2, 0) is 13.0 Å². The summed E-state index contributed by atoms with van der Waals surface area (Å²) in [6.07, 6.45) is 0.455. The van der Waals surface area contributed by atoms with E-state index in [2.05, 4.69) is 15.1 Å². The molecule has 0 spiro atoms. The summed E-state index contributed by atoms with van der Waals surface area (Å²) in [5.74, 6) is 1.95. The predicted molar refractivity (Wildman–Crippen MR) is 122 cm³/mol. The van der Waals surface area contributed by atoms with Gasteiger partial charge in [-0.15, -0.1) is 0 Å². The Morgan fingerprint density at radius 2 is 1.69 bits per heavy atom. The van der Waals surface area contributed by atoms with E-state index in [1.54, 1.807) is 6.07 Å². The molecule has 2 aromatic heterocycles. The van der Waals surface area contributed by atoms with Crippen LogP contribution in [0, 0.1) is 13.8 Å². The highest BCUT2D eigenvalue weighted by Crippen LogP contribution is 2.22. The van der Waals surface area contributed by atoms with Gasteiger partial charge in [0, 0.05) is 12.1 Å². The second-order valence-corrected chi connectivity index (χ2v) is 7.54. The fourth-order valence-electron chi connectivity index (χ4n) is 3.52. The summed E-state index contributed by atoms with van der Waals surface area (Å²) in [5.41, 5.74) is 15.0. The molecule has 4 rings (SSSR count). The number of nitrogens with zero attached hydrogens (tertiary/aromatic N) is 4. The standard InChI is InChI=1S/C24H24N6O2/c1-15-12-21(25)27-16(2)20(15)14-30-24(23(26)31)28-22(29-30)13-17-8-10-19(11-9-17)32-18-6-4-3-5-7-18/h3-12H,13-14H2,1-2H3,(H2,25,27)(H2,26,31). The lowest BCUT2D eigenvalue weighted by Crippen LogP contribution is -2.20. The van der Waals surface area contributed by atoms with Crippen LogP contribution in [0.1, 0.15) is 38.8 Å². The first-order valence-electron chi connectivity index (χ1n) is 10.2. The third-order valence-electron chi connectivity index (χ3n) is 5.08. The van der Waals surface area contributed by atoms with Crippen LogP contribution in [0.5, 0.6) is 11.5 Å². The van der Waals surface area contributed by atoms with Crippen LogP contribution in [0.2, 0.25) is 0 Å². The Morgan fingerprint density at radius 3 is 2.34 bits per heavy atom. The number of aryl methyl sites for hydroxylation is 2. The highest BCUT2D eigenvalue weighted by molar-refractivity contribution is 5.89. The largest absolute Gasteiger partial charge is 0.457 e. The lowest BCUT2D eigenvalue weighted by atomic mass is 10.1. The van der Waals surface area contributed by atoms with E-state index in [-0.39, 0.29) is 5.82 Å². The highest BCUT2D eigenvalue weighted by atomic mass is 16.5. The highest BCUT2D eigenvalue weighted by Gasteiger charge is 2.17. The molecule has 2 aromatic carbocycles. The van der Waals surface area contributed by atoms with Gasteiger partial charge in [0.2, 0.25) is 5.82 Å². The van der Waals surface area contributed by atoms with Crippen molar-refractivity contribution in [3.8, 4) is 11.5 Å². The average Bonchev–Trinajstić information content (AvgIpc) is 3.15. The maximum Gasteiger partial charge on any atom is 0.286 e. The minimum Gasteiger partial charge on any atom is -0.457 e. The molecule has 0 bridgehead atoms. The molecule has 8 nitrogen and oxygen atoms in total. The molecule has 4 N–H and O–H groups in total. The average molecular weight is 428 g/mol. The van der Waals surface area contributed by atoms with E-state index in [0.717, 1.165) is 33.9 Å². The monoisotopic (exact) mass is 428 g/mol. The summed E-state index contributed by atoms with van der Waals surface area (Å²) in [5, 5.41) is 4.53. The number of primary amides is 1. The van der Waals surface area contributed by atoms with E-state index in [1.165, 1.54) is 4.68 Å². The van der Waals surface area contributed by atoms with Crippen LogP contribution >= 0.6 is 0 Å². The van der Waals surface area contributed by atoms with Gasteiger partial charge < -0.3 is 16.2 Å². The Labute approximate surface area is 185 Å². The third kappa shape index (κ3) is 4.75. The van der Waals surface area contributed by atoms with Crippen LogP contribution in [0.15, 0.2) is 60.7 Å². The van der Waals surface area contributed by atoms with E-state index in [9.17, 15) is 4.79 Å². The van der Waals surface area contributed by atoms with Gasteiger partial charge >= 0.3 is 0 Å². The number of para-hydroxylation sites is 1. The molecular weight excluding hydrogens is 404 g/mol. The Kier molecular flexibility index (Phi) is 5.85. The molecule has 8 heteroatoms. The molecule has 0 aliphatic carbocycles. The van der Waals surface area contributed by atoms with Crippen LogP contribution in [0.4, 0.5) is 5.82 Å². The number of pyridine rings is 1. The second-order valence-electron chi connectivity index (χ2n) is 7.54. The van der Waals surface area contributed by atoms with Crippen molar-refractivity contribution >= 4 is 11.7 Å². The van der Waals surface area contributed by atoms with Gasteiger partial charge in [-0.25, -0.2) is 14.6 Å². The lowest BCUT2D eigenvalue weighted by molar-refractivity contribution is 0.0985. The molecule has 1 amide bonds. The van der Waals surface area contributed by atoms with Gasteiger partial charge in [-0.3, -0.25) is 4.79 Å². The summed E-state index contributed by atoms with van der Waals surface area (Å²) in [4.78, 5) is 20.6. The van der Waals surface area contributed by atoms with Gasteiger partial charge in [0.05, 0.1) is 6.54 Å². The van der Waals surface area contributed by atoms with Gasteiger partial charge in [-0.2, -0.15) is 5.10 Å². The van der Waals surface area contributed by atoms with Crippen molar-refractivity contribution in [2.45, 2.75) is 26.8 Å². The van der Waals surface area contributed by atoms with Crippen LogP contribution in [0.25, 0.3) is 0 Å². The van der Waals surface area contributed by atoms with Crippen molar-refractivity contribution in [3.05, 3.63) is 94.7 Å². The maximum atomic E-state index is 12.0. The molecule has 0 aliphatic heterocycles. The van der Waals surface area contributed by atoms with Crippen molar-refractivity contribution in [3.63, 3.8) is 0 Å². The SMILES string of the molecule is Cc1cc(N)nc(C)c1Cn1nc(Cc2ccc(Oc3ccccc3)cc2)nc1C(N)=O.